The molecule has 1 aromatic heterocycles. The van der Waals surface area contributed by atoms with Crippen LogP contribution in [0.5, 0.6) is 5.75 Å². The van der Waals surface area contributed by atoms with E-state index in [1.54, 1.807) is 19.5 Å². The lowest BCUT2D eigenvalue weighted by atomic mass is 10.0. The maximum Gasteiger partial charge on any atom is 0.137 e. The molecule has 1 atom stereocenters. The molecule has 3 heteroatoms. The van der Waals surface area contributed by atoms with E-state index in [1.807, 2.05) is 24.3 Å². The van der Waals surface area contributed by atoms with Crippen LogP contribution in [0, 0.1) is 0 Å². The minimum Gasteiger partial charge on any atom is -0.495 e. The van der Waals surface area contributed by atoms with Gasteiger partial charge < -0.3 is 10.5 Å². The first kappa shape index (κ1) is 11.6. The average Bonchev–Trinajstić information content (AvgIpc) is 2.40. The van der Waals surface area contributed by atoms with E-state index in [4.69, 9.17) is 10.5 Å². The number of nitrogens with two attached hydrogens (primary N) is 1. The maximum atomic E-state index is 6.16. The summed E-state index contributed by atoms with van der Waals surface area (Å²) in [5, 5.41) is 0. The van der Waals surface area contributed by atoms with Crippen LogP contribution < -0.4 is 10.5 Å². The Kier molecular flexibility index (Phi) is 3.73. The fraction of sp³-hybridized carbons (Fsp3) is 0.214. The van der Waals surface area contributed by atoms with Gasteiger partial charge in [0.05, 0.1) is 13.3 Å². The van der Waals surface area contributed by atoms with Gasteiger partial charge in [-0.25, -0.2) is 0 Å². The second kappa shape index (κ2) is 5.46. The van der Waals surface area contributed by atoms with Gasteiger partial charge in [-0.2, -0.15) is 0 Å². The molecule has 2 N–H and O–H groups in total. The maximum absolute atomic E-state index is 6.16. The van der Waals surface area contributed by atoms with Gasteiger partial charge in [0, 0.05) is 12.2 Å². The molecule has 0 amide bonds. The van der Waals surface area contributed by atoms with Gasteiger partial charge >= 0.3 is 0 Å². The molecule has 0 fully saturated rings. The highest BCUT2D eigenvalue weighted by Gasteiger charge is 2.08. The molecule has 1 aromatic carbocycles. The van der Waals surface area contributed by atoms with Crippen LogP contribution in [0.4, 0.5) is 0 Å². The van der Waals surface area contributed by atoms with Crippen molar-refractivity contribution in [1.82, 2.24) is 4.98 Å². The Hall–Kier alpha value is -1.87. The summed E-state index contributed by atoms with van der Waals surface area (Å²) in [5.74, 6) is 0.742. The van der Waals surface area contributed by atoms with E-state index in [1.165, 1.54) is 5.56 Å². The predicted octanol–water partition coefficient (Wildman–Crippen LogP) is 2.33. The van der Waals surface area contributed by atoms with Crippen LogP contribution in [0.2, 0.25) is 0 Å². The smallest absolute Gasteiger partial charge is 0.137 e. The van der Waals surface area contributed by atoms with Gasteiger partial charge in [-0.1, -0.05) is 30.3 Å². The van der Waals surface area contributed by atoms with Crippen molar-refractivity contribution in [2.75, 3.05) is 7.11 Å². The Morgan fingerprint density at radius 2 is 2.00 bits per heavy atom. The summed E-state index contributed by atoms with van der Waals surface area (Å²) >= 11 is 0. The molecule has 1 heterocycles. The number of hydrogen-bond acceptors (Lipinski definition) is 3. The molecule has 0 bridgehead atoms. The monoisotopic (exact) mass is 228 g/mol. The minimum atomic E-state index is -0.0556. The highest BCUT2D eigenvalue weighted by atomic mass is 16.5. The summed E-state index contributed by atoms with van der Waals surface area (Å²) in [6, 6.07) is 12.1. The quantitative estimate of drug-likeness (QED) is 0.873. The van der Waals surface area contributed by atoms with E-state index in [0.29, 0.717) is 0 Å². The van der Waals surface area contributed by atoms with Crippen molar-refractivity contribution in [3.05, 3.63) is 59.9 Å². The molecule has 0 aliphatic rings. The number of hydrogen-bond donors (Lipinski definition) is 1. The Labute approximate surface area is 101 Å². The van der Waals surface area contributed by atoms with Gasteiger partial charge in [-0.15, -0.1) is 0 Å². The number of benzene rings is 1. The van der Waals surface area contributed by atoms with Crippen molar-refractivity contribution >= 4 is 0 Å². The molecule has 0 aliphatic carbocycles. The molecule has 17 heavy (non-hydrogen) atoms. The lowest BCUT2D eigenvalue weighted by Crippen LogP contribution is -2.13. The molecule has 0 aliphatic heterocycles. The van der Waals surface area contributed by atoms with Crippen molar-refractivity contribution in [2.45, 2.75) is 12.5 Å². The van der Waals surface area contributed by atoms with Crippen molar-refractivity contribution in [3.8, 4) is 5.75 Å². The number of methoxy groups -OCH3 is 1. The molecule has 0 saturated carbocycles. The van der Waals surface area contributed by atoms with Gasteiger partial charge in [0.2, 0.25) is 0 Å². The van der Waals surface area contributed by atoms with Gasteiger partial charge in [0.25, 0.3) is 0 Å². The van der Waals surface area contributed by atoms with Crippen LogP contribution in [0.1, 0.15) is 17.2 Å². The molecular weight excluding hydrogens is 212 g/mol. The fourth-order valence-electron chi connectivity index (χ4n) is 1.74. The lowest BCUT2D eigenvalue weighted by molar-refractivity contribution is 0.411. The molecule has 0 saturated heterocycles. The van der Waals surface area contributed by atoms with Gasteiger partial charge in [-0.3, -0.25) is 4.98 Å². The first-order valence-electron chi connectivity index (χ1n) is 5.58. The minimum absolute atomic E-state index is 0.0556. The van der Waals surface area contributed by atoms with E-state index in [-0.39, 0.29) is 6.04 Å². The van der Waals surface area contributed by atoms with Crippen LogP contribution in [0.15, 0.2) is 48.8 Å². The van der Waals surface area contributed by atoms with Crippen LogP contribution >= 0.6 is 0 Å². The molecule has 2 aromatic rings. The summed E-state index contributed by atoms with van der Waals surface area (Å²) in [4.78, 5) is 4.11. The third-order valence-electron chi connectivity index (χ3n) is 2.70. The first-order valence-corrected chi connectivity index (χ1v) is 5.58. The number of ether oxygens (including phenoxy) is 1. The van der Waals surface area contributed by atoms with Crippen LogP contribution in [0.25, 0.3) is 0 Å². The average molecular weight is 228 g/mol. The third-order valence-corrected chi connectivity index (χ3v) is 2.70. The first-order chi connectivity index (χ1) is 8.29. The number of nitrogens with zero attached hydrogens (tertiary/aromatic N) is 1. The molecule has 0 spiro atoms. The Bertz CT molecular complexity index is 471. The van der Waals surface area contributed by atoms with E-state index in [9.17, 15) is 0 Å². The molecule has 88 valence electrons. The predicted molar refractivity (Wildman–Crippen MR) is 67.9 cm³/mol. The zero-order chi connectivity index (χ0) is 12.1. The highest BCUT2D eigenvalue weighted by molar-refractivity contribution is 5.27. The SMILES string of the molecule is COc1cncc(C(N)Cc2ccccc2)c1. The van der Waals surface area contributed by atoms with Crippen LogP contribution in [-0.4, -0.2) is 12.1 Å². The van der Waals surface area contributed by atoms with Crippen molar-refractivity contribution < 1.29 is 4.74 Å². The van der Waals surface area contributed by atoms with Crippen molar-refractivity contribution in [3.63, 3.8) is 0 Å². The summed E-state index contributed by atoms with van der Waals surface area (Å²) in [7, 11) is 1.63. The number of aromatic nitrogens is 1. The standard InChI is InChI=1S/C14H16N2O/c1-17-13-8-12(9-16-10-13)14(15)7-11-5-3-2-4-6-11/h2-6,8-10,14H,7,15H2,1H3. The third kappa shape index (κ3) is 3.04. The molecule has 3 nitrogen and oxygen atoms in total. The second-order valence-electron chi connectivity index (χ2n) is 3.95. The van der Waals surface area contributed by atoms with E-state index in [2.05, 4.69) is 17.1 Å². The van der Waals surface area contributed by atoms with E-state index in [0.717, 1.165) is 17.7 Å². The van der Waals surface area contributed by atoms with Gasteiger partial charge in [0.1, 0.15) is 5.75 Å². The summed E-state index contributed by atoms with van der Waals surface area (Å²) in [6.07, 6.45) is 4.27. The van der Waals surface area contributed by atoms with Gasteiger partial charge in [0.15, 0.2) is 0 Å². The molecular formula is C14H16N2O. The van der Waals surface area contributed by atoms with E-state index < -0.39 is 0 Å². The van der Waals surface area contributed by atoms with E-state index >= 15 is 0 Å². The lowest BCUT2D eigenvalue weighted by Gasteiger charge is -2.12. The van der Waals surface area contributed by atoms with Crippen LogP contribution in [-0.2, 0) is 6.42 Å². The number of rotatable bonds is 4. The van der Waals surface area contributed by atoms with Gasteiger partial charge in [-0.05, 0) is 23.6 Å². The van der Waals surface area contributed by atoms with Crippen LogP contribution in [0.3, 0.4) is 0 Å². The Balaban J connectivity index is 2.11. The summed E-state index contributed by atoms with van der Waals surface area (Å²) in [6.45, 7) is 0. The highest BCUT2D eigenvalue weighted by Crippen LogP contribution is 2.19. The zero-order valence-corrected chi connectivity index (χ0v) is 9.84. The molecule has 2 rings (SSSR count). The summed E-state index contributed by atoms with van der Waals surface area (Å²) < 4.78 is 5.14. The molecule has 1 unspecified atom stereocenters. The fourth-order valence-corrected chi connectivity index (χ4v) is 1.74. The Morgan fingerprint density at radius 3 is 2.71 bits per heavy atom. The molecule has 0 radical (unpaired) electrons. The zero-order valence-electron chi connectivity index (χ0n) is 9.84. The summed E-state index contributed by atoms with van der Waals surface area (Å²) in [5.41, 5.74) is 8.37. The van der Waals surface area contributed by atoms with Crippen molar-refractivity contribution in [1.29, 1.82) is 0 Å². The number of pyridine rings is 1. The Morgan fingerprint density at radius 1 is 1.24 bits per heavy atom. The topological polar surface area (TPSA) is 48.1 Å². The van der Waals surface area contributed by atoms with Crippen molar-refractivity contribution in [2.24, 2.45) is 5.73 Å². The second-order valence-corrected chi connectivity index (χ2v) is 3.95. The normalized spacial score (nSPS) is 12.1. The largest absolute Gasteiger partial charge is 0.495 e.